The van der Waals surface area contributed by atoms with Gasteiger partial charge in [-0.2, -0.15) is 0 Å². The van der Waals surface area contributed by atoms with Crippen LogP contribution in [0.1, 0.15) is 32.8 Å². The molecule has 1 aliphatic rings. The van der Waals surface area contributed by atoms with Crippen molar-refractivity contribution in [2.45, 2.75) is 32.1 Å². The van der Waals surface area contributed by atoms with Gasteiger partial charge in [-0.3, -0.25) is 4.90 Å². The van der Waals surface area contributed by atoms with Gasteiger partial charge in [-0.05, 0) is 41.8 Å². The summed E-state index contributed by atoms with van der Waals surface area (Å²) in [6.45, 7) is 10.5. The number of nitrogens with zero attached hydrogens (tertiary/aromatic N) is 3. The zero-order valence-electron chi connectivity index (χ0n) is 20.3. The Morgan fingerprint density at radius 2 is 1.71 bits per heavy atom. The van der Waals surface area contributed by atoms with Crippen LogP contribution in [0.5, 0.6) is 5.75 Å². The first-order chi connectivity index (χ1) is 16.4. The monoisotopic (exact) mass is 509 g/mol. The molecule has 1 fully saturated rings. The molecule has 0 radical (unpaired) electrons. The van der Waals surface area contributed by atoms with E-state index in [1.807, 2.05) is 0 Å². The van der Waals surface area contributed by atoms with Crippen LogP contribution in [0.25, 0.3) is 10.9 Å². The predicted molar refractivity (Wildman–Crippen MR) is 131 cm³/mol. The largest absolute Gasteiger partial charge is 0.495 e. The highest BCUT2D eigenvalue weighted by molar-refractivity contribution is 7.90. The molecule has 190 valence electrons. The van der Waals surface area contributed by atoms with E-state index in [2.05, 4.69) is 30.6 Å². The number of hydrogen-bond donors (Lipinski definition) is 0. The van der Waals surface area contributed by atoms with Gasteiger partial charge in [-0.25, -0.2) is 25.6 Å². The Morgan fingerprint density at radius 1 is 1.03 bits per heavy atom. The third-order valence-corrected chi connectivity index (χ3v) is 7.79. The molecule has 0 unspecified atom stereocenters. The third kappa shape index (κ3) is 5.13. The highest BCUT2D eigenvalue weighted by Gasteiger charge is 2.28. The molecule has 0 saturated carbocycles. The summed E-state index contributed by atoms with van der Waals surface area (Å²) < 4.78 is 74.5. The molecule has 1 saturated heterocycles. The van der Waals surface area contributed by atoms with Gasteiger partial charge in [-0.15, -0.1) is 0 Å². The van der Waals surface area contributed by atoms with Gasteiger partial charge in [0.05, 0.1) is 23.2 Å². The number of alkyl halides is 2. The molecular formula is C25H30F3N3O3S. The first-order valence-corrected chi connectivity index (χ1v) is 12.8. The number of methoxy groups -OCH3 is 1. The van der Waals surface area contributed by atoms with Crippen LogP contribution in [0.2, 0.25) is 0 Å². The van der Waals surface area contributed by atoms with Crippen molar-refractivity contribution in [1.82, 2.24) is 8.87 Å². The molecular weight excluding hydrogens is 479 g/mol. The van der Waals surface area contributed by atoms with Gasteiger partial charge >= 0.3 is 0 Å². The van der Waals surface area contributed by atoms with E-state index in [1.54, 1.807) is 6.07 Å². The van der Waals surface area contributed by atoms with E-state index in [1.165, 1.54) is 25.3 Å². The van der Waals surface area contributed by atoms with E-state index in [-0.39, 0.29) is 21.2 Å². The lowest BCUT2D eigenvalue weighted by Crippen LogP contribution is -2.48. The molecule has 6 nitrogen and oxygen atoms in total. The van der Waals surface area contributed by atoms with Crippen LogP contribution in [0.4, 0.5) is 18.9 Å². The molecule has 0 spiro atoms. The molecule has 0 amide bonds. The van der Waals surface area contributed by atoms with Crippen molar-refractivity contribution in [1.29, 1.82) is 0 Å². The van der Waals surface area contributed by atoms with E-state index in [0.717, 1.165) is 41.9 Å². The summed E-state index contributed by atoms with van der Waals surface area (Å²) >= 11 is 0. The Labute approximate surface area is 203 Å². The molecule has 3 aromatic rings. The van der Waals surface area contributed by atoms with Gasteiger partial charge in [0.1, 0.15) is 11.6 Å². The minimum Gasteiger partial charge on any atom is -0.495 e. The normalized spacial score (nSPS) is 15.8. The van der Waals surface area contributed by atoms with Crippen LogP contribution in [0.15, 0.2) is 47.5 Å². The summed E-state index contributed by atoms with van der Waals surface area (Å²) in [7, 11) is -2.78. The van der Waals surface area contributed by atoms with Crippen molar-refractivity contribution in [3.05, 3.63) is 54.0 Å². The molecule has 0 N–H and O–H groups in total. The summed E-state index contributed by atoms with van der Waals surface area (Å²) in [6.07, 6.45) is -2.03. The van der Waals surface area contributed by atoms with Gasteiger partial charge in [0.25, 0.3) is 16.4 Å². The van der Waals surface area contributed by atoms with E-state index in [0.29, 0.717) is 24.5 Å². The lowest BCUT2D eigenvalue weighted by atomic mass is 9.96. The van der Waals surface area contributed by atoms with Crippen molar-refractivity contribution < 1.29 is 26.3 Å². The standard InChI is InChI=1S/C25H30F3N3O3S/c1-25(2,3)16-29-9-11-30(12-10-29)22-14-18(6-8-23(22)34-4)35(32,33)31-15-20(24(27)28)19-7-5-17(26)13-21(19)31/h5-8,13-15,24H,9-12,16H2,1-4H3. The van der Waals surface area contributed by atoms with Gasteiger partial charge in [0.15, 0.2) is 0 Å². The van der Waals surface area contributed by atoms with Gasteiger partial charge in [0, 0.05) is 49.9 Å². The first-order valence-electron chi connectivity index (χ1n) is 11.4. The fourth-order valence-electron chi connectivity index (χ4n) is 4.58. The quantitative estimate of drug-likeness (QED) is 0.461. The van der Waals surface area contributed by atoms with E-state index >= 15 is 0 Å². The molecule has 0 atom stereocenters. The lowest BCUT2D eigenvalue weighted by molar-refractivity contribution is 0.153. The van der Waals surface area contributed by atoms with Gasteiger partial charge < -0.3 is 9.64 Å². The molecule has 2 heterocycles. The zero-order chi connectivity index (χ0) is 25.5. The zero-order valence-corrected chi connectivity index (χ0v) is 21.1. The predicted octanol–water partition coefficient (Wildman–Crippen LogP) is 5.13. The number of hydrogen-bond acceptors (Lipinski definition) is 5. The first kappa shape index (κ1) is 25.4. The SMILES string of the molecule is COc1ccc(S(=O)(=O)n2cc(C(F)F)c3ccc(F)cc32)cc1N1CCN(CC(C)(C)C)CC1. The maximum absolute atomic E-state index is 13.9. The highest BCUT2D eigenvalue weighted by Crippen LogP contribution is 2.36. The highest BCUT2D eigenvalue weighted by atomic mass is 32.2. The summed E-state index contributed by atoms with van der Waals surface area (Å²) in [6, 6.07) is 7.60. The van der Waals surface area contributed by atoms with Crippen molar-refractivity contribution in [2.24, 2.45) is 5.41 Å². The number of aromatic nitrogens is 1. The minimum atomic E-state index is -4.29. The molecule has 35 heavy (non-hydrogen) atoms. The van der Waals surface area contributed by atoms with Crippen LogP contribution in [0.3, 0.4) is 0 Å². The summed E-state index contributed by atoms with van der Waals surface area (Å²) in [4.78, 5) is 4.35. The van der Waals surface area contributed by atoms with Crippen molar-refractivity contribution in [3.8, 4) is 5.75 Å². The molecule has 4 rings (SSSR count). The Bertz CT molecular complexity index is 1320. The maximum Gasteiger partial charge on any atom is 0.268 e. The van der Waals surface area contributed by atoms with Crippen LogP contribution in [-0.4, -0.2) is 57.1 Å². The van der Waals surface area contributed by atoms with Crippen LogP contribution in [0, 0.1) is 11.2 Å². The smallest absolute Gasteiger partial charge is 0.268 e. The van der Waals surface area contributed by atoms with Crippen molar-refractivity contribution in [2.75, 3.05) is 44.7 Å². The van der Waals surface area contributed by atoms with Crippen LogP contribution in [-0.2, 0) is 10.0 Å². The fourth-order valence-corrected chi connectivity index (χ4v) is 5.97. The summed E-state index contributed by atoms with van der Waals surface area (Å²) in [5, 5.41) is -0.00585. The van der Waals surface area contributed by atoms with Crippen molar-refractivity contribution >= 4 is 26.6 Å². The number of benzene rings is 2. The Kier molecular flexibility index (Phi) is 6.80. The maximum atomic E-state index is 13.9. The van der Waals surface area contributed by atoms with Gasteiger partial charge in [-0.1, -0.05) is 20.8 Å². The molecule has 10 heteroatoms. The van der Waals surface area contributed by atoms with Gasteiger partial charge in [0.2, 0.25) is 0 Å². The number of ether oxygens (including phenoxy) is 1. The van der Waals surface area contributed by atoms with E-state index in [4.69, 9.17) is 4.74 Å². The lowest BCUT2D eigenvalue weighted by Gasteiger charge is -2.39. The molecule has 1 aromatic heterocycles. The molecule has 0 aliphatic carbocycles. The Balaban J connectivity index is 1.72. The van der Waals surface area contributed by atoms with Crippen molar-refractivity contribution in [3.63, 3.8) is 0 Å². The van der Waals surface area contributed by atoms with E-state index in [9.17, 15) is 21.6 Å². The number of rotatable bonds is 6. The average Bonchev–Trinajstić information content (AvgIpc) is 3.18. The Morgan fingerprint density at radius 3 is 2.31 bits per heavy atom. The Hall–Kier alpha value is -2.72. The second-order valence-electron chi connectivity index (χ2n) is 10.0. The summed E-state index contributed by atoms with van der Waals surface area (Å²) in [5.41, 5.74) is 0.186. The van der Waals surface area contributed by atoms with Crippen LogP contribution >= 0.6 is 0 Å². The van der Waals surface area contributed by atoms with Crippen LogP contribution < -0.4 is 9.64 Å². The number of piperazine rings is 1. The molecule has 2 aromatic carbocycles. The molecule has 1 aliphatic heterocycles. The number of anilines is 1. The fraction of sp³-hybridized carbons (Fsp3) is 0.440. The number of fused-ring (bicyclic) bond motifs is 1. The molecule has 0 bridgehead atoms. The second-order valence-corrected chi connectivity index (χ2v) is 11.8. The summed E-state index contributed by atoms with van der Waals surface area (Å²) in [5.74, 6) is -0.193. The minimum absolute atomic E-state index is 0.00585. The topological polar surface area (TPSA) is 54.8 Å². The number of halogens is 3. The third-order valence-electron chi connectivity index (χ3n) is 6.12. The second kappa shape index (κ2) is 9.39. The van der Waals surface area contributed by atoms with E-state index < -0.39 is 27.8 Å². The average molecular weight is 510 g/mol.